The maximum absolute atomic E-state index is 6.27. The van der Waals surface area contributed by atoms with Gasteiger partial charge >= 0.3 is 0 Å². The minimum absolute atomic E-state index is 0.163. The largest absolute Gasteiger partial charge is 0.115 e. The molecule has 0 fully saturated rings. The normalized spacial score (nSPS) is 17.4. The minimum Gasteiger partial charge on any atom is -0.115 e. The number of alkyl halides is 1. The van der Waals surface area contributed by atoms with Crippen molar-refractivity contribution in [1.82, 2.24) is 0 Å². The zero-order valence-corrected chi connectivity index (χ0v) is 12.9. The fourth-order valence-electron chi connectivity index (χ4n) is 1.57. The average Bonchev–Trinajstić information content (AvgIpc) is 2.24. The van der Waals surface area contributed by atoms with Crippen molar-refractivity contribution in [3.63, 3.8) is 0 Å². The van der Waals surface area contributed by atoms with E-state index in [4.69, 9.17) is 34.8 Å². The molecule has 0 rings (SSSR count). The number of hydrogen-bond acceptors (Lipinski definition) is 0. The van der Waals surface area contributed by atoms with Crippen LogP contribution < -0.4 is 0 Å². The van der Waals surface area contributed by atoms with Gasteiger partial charge in [-0.25, -0.2) is 0 Å². The van der Waals surface area contributed by atoms with E-state index < -0.39 is 4.87 Å². The van der Waals surface area contributed by atoms with Crippen molar-refractivity contribution in [1.29, 1.82) is 0 Å². The smallest absolute Gasteiger partial charge is 0.0601 e. The molecule has 0 aromatic rings. The topological polar surface area (TPSA) is 0 Å². The summed E-state index contributed by atoms with van der Waals surface area (Å²) in [7, 11) is 0. The van der Waals surface area contributed by atoms with E-state index in [0.717, 1.165) is 30.7 Å². The van der Waals surface area contributed by atoms with Crippen LogP contribution in [0.2, 0.25) is 0 Å². The van der Waals surface area contributed by atoms with Gasteiger partial charge in [-0.3, -0.25) is 0 Å². The fraction of sp³-hybridized carbons (Fsp3) is 0.571. The summed E-state index contributed by atoms with van der Waals surface area (Å²) in [5.41, 5.74) is 0. The van der Waals surface area contributed by atoms with E-state index in [0.29, 0.717) is 5.03 Å². The van der Waals surface area contributed by atoms with Crippen molar-refractivity contribution in [2.75, 3.05) is 0 Å². The third-order valence-corrected chi connectivity index (χ3v) is 3.63. The first-order chi connectivity index (χ1) is 7.82. The van der Waals surface area contributed by atoms with Crippen LogP contribution in [0.15, 0.2) is 35.4 Å². The predicted molar refractivity (Wildman–Crippen MR) is 81.0 cm³/mol. The standard InChI is InChI=1S/C14H21Cl3/c1-5-7-13(16)9-8-12(11(3)15)10-14(4,17)6-2/h6-7,12H,2-3,5,8-10H2,1,4H3/b13-7-. The molecule has 0 aliphatic carbocycles. The van der Waals surface area contributed by atoms with Crippen molar-refractivity contribution < 1.29 is 0 Å². The van der Waals surface area contributed by atoms with Gasteiger partial charge in [0, 0.05) is 10.1 Å². The maximum Gasteiger partial charge on any atom is 0.0601 e. The van der Waals surface area contributed by atoms with Gasteiger partial charge in [-0.2, -0.15) is 0 Å². The molecule has 0 aromatic heterocycles. The van der Waals surface area contributed by atoms with Crippen molar-refractivity contribution >= 4 is 34.8 Å². The van der Waals surface area contributed by atoms with E-state index in [-0.39, 0.29) is 5.92 Å². The summed E-state index contributed by atoms with van der Waals surface area (Å²) < 4.78 is 0. The second-order valence-corrected chi connectivity index (χ2v) is 6.26. The molecule has 0 aliphatic rings. The molecule has 0 bridgehead atoms. The molecule has 0 heterocycles. The van der Waals surface area contributed by atoms with Gasteiger partial charge in [0.2, 0.25) is 0 Å². The van der Waals surface area contributed by atoms with Crippen molar-refractivity contribution in [3.05, 3.63) is 35.4 Å². The Morgan fingerprint density at radius 1 is 1.41 bits per heavy atom. The van der Waals surface area contributed by atoms with Crippen LogP contribution >= 0.6 is 34.8 Å². The van der Waals surface area contributed by atoms with Crippen LogP contribution in [0.4, 0.5) is 0 Å². The van der Waals surface area contributed by atoms with Crippen LogP contribution in [0.1, 0.15) is 39.5 Å². The van der Waals surface area contributed by atoms with E-state index in [1.54, 1.807) is 6.08 Å². The fourth-order valence-corrected chi connectivity index (χ4v) is 2.21. The van der Waals surface area contributed by atoms with Crippen LogP contribution in [-0.2, 0) is 0 Å². The molecular formula is C14H21Cl3. The van der Waals surface area contributed by atoms with Crippen LogP contribution in [0.3, 0.4) is 0 Å². The molecule has 0 radical (unpaired) electrons. The van der Waals surface area contributed by atoms with Gasteiger partial charge in [0.05, 0.1) is 4.87 Å². The Morgan fingerprint density at radius 2 is 2.00 bits per heavy atom. The maximum atomic E-state index is 6.27. The zero-order chi connectivity index (χ0) is 13.5. The number of allylic oxidation sites excluding steroid dienone is 4. The Bertz CT molecular complexity index is 290. The Morgan fingerprint density at radius 3 is 2.41 bits per heavy atom. The first kappa shape index (κ1) is 17.1. The first-order valence-electron chi connectivity index (χ1n) is 5.83. The van der Waals surface area contributed by atoms with E-state index in [1.807, 2.05) is 13.0 Å². The summed E-state index contributed by atoms with van der Waals surface area (Å²) in [4.78, 5) is -0.441. The van der Waals surface area contributed by atoms with Gasteiger partial charge in [0.15, 0.2) is 0 Å². The molecule has 0 spiro atoms. The molecule has 0 aliphatic heterocycles. The third kappa shape index (κ3) is 7.91. The average molecular weight is 296 g/mol. The van der Waals surface area contributed by atoms with Gasteiger partial charge in [-0.05, 0) is 38.5 Å². The minimum atomic E-state index is -0.441. The molecular weight excluding hydrogens is 275 g/mol. The monoisotopic (exact) mass is 294 g/mol. The molecule has 0 nitrogen and oxygen atoms in total. The Labute approximate surface area is 120 Å². The molecule has 0 saturated carbocycles. The lowest BCUT2D eigenvalue weighted by molar-refractivity contribution is 0.494. The molecule has 0 amide bonds. The lowest BCUT2D eigenvalue weighted by Crippen LogP contribution is -2.18. The van der Waals surface area contributed by atoms with Crippen LogP contribution in [0, 0.1) is 5.92 Å². The summed E-state index contributed by atoms with van der Waals surface area (Å²) in [6, 6.07) is 0. The number of rotatable bonds is 8. The van der Waals surface area contributed by atoms with Gasteiger partial charge in [0.25, 0.3) is 0 Å². The second-order valence-electron chi connectivity index (χ2n) is 4.43. The van der Waals surface area contributed by atoms with Gasteiger partial charge in [0.1, 0.15) is 0 Å². The van der Waals surface area contributed by atoms with Gasteiger partial charge in [-0.15, -0.1) is 18.2 Å². The summed E-state index contributed by atoms with van der Waals surface area (Å²) in [5, 5.41) is 1.52. The molecule has 2 unspecified atom stereocenters. The SMILES string of the molecule is C=CC(C)(Cl)CC(CC/C(Cl)=C/CC)C(=C)Cl. The summed E-state index contributed by atoms with van der Waals surface area (Å²) in [6.07, 6.45) is 7.12. The lowest BCUT2D eigenvalue weighted by Gasteiger charge is -2.24. The number of hydrogen-bond donors (Lipinski definition) is 0. The molecule has 0 saturated heterocycles. The third-order valence-electron chi connectivity index (χ3n) is 2.67. The van der Waals surface area contributed by atoms with E-state index in [2.05, 4.69) is 20.1 Å². The molecule has 0 N–H and O–H groups in total. The number of halogens is 3. The molecule has 98 valence electrons. The summed E-state index contributed by atoms with van der Waals surface area (Å²) in [6.45, 7) is 11.5. The first-order valence-corrected chi connectivity index (χ1v) is 6.97. The van der Waals surface area contributed by atoms with Crippen LogP contribution in [0.5, 0.6) is 0 Å². The highest BCUT2D eigenvalue weighted by Crippen LogP contribution is 2.34. The predicted octanol–water partition coefficient (Wildman–Crippen LogP) is 6.24. The van der Waals surface area contributed by atoms with Crippen molar-refractivity contribution in [2.45, 2.75) is 44.4 Å². The molecule has 17 heavy (non-hydrogen) atoms. The van der Waals surface area contributed by atoms with E-state index in [9.17, 15) is 0 Å². The highest BCUT2D eigenvalue weighted by atomic mass is 35.5. The molecule has 0 aromatic carbocycles. The highest BCUT2D eigenvalue weighted by Gasteiger charge is 2.23. The molecule has 3 heteroatoms. The zero-order valence-electron chi connectivity index (χ0n) is 10.6. The highest BCUT2D eigenvalue weighted by molar-refractivity contribution is 6.30. The van der Waals surface area contributed by atoms with Crippen molar-refractivity contribution in [3.8, 4) is 0 Å². The Hall–Kier alpha value is 0.0900. The van der Waals surface area contributed by atoms with E-state index in [1.165, 1.54) is 0 Å². The van der Waals surface area contributed by atoms with Gasteiger partial charge < -0.3 is 0 Å². The van der Waals surface area contributed by atoms with Crippen molar-refractivity contribution in [2.24, 2.45) is 5.92 Å². The second kappa shape index (κ2) is 8.24. The Kier molecular flexibility index (Phi) is 8.28. The van der Waals surface area contributed by atoms with Gasteiger partial charge in [-0.1, -0.05) is 48.9 Å². The Balaban J connectivity index is 4.41. The van der Waals surface area contributed by atoms with Crippen LogP contribution in [-0.4, -0.2) is 4.87 Å². The quantitative estimate of drug-likeness (QED) is 0.367. The van der Waals surface area contributed by atoms with E-state index >= 15 is 0 Å². The summed E-state index contributed by atoms with van der Waals surface area (Å²) in [5.74, 6) is 0.163. The lowest BCUT2D eigenvalue weighted by atomic mass is 9.91. The summed E-state index contributed by atoms with van der Waals surface area (Å²) >= 11 is 18.4. The molecule has 2 atom stereocenters. The van der Waals surface area contributed by atoms with Crippen LogP contribution in [0.25, 0.3) is 0 Å².